The number of para-hydroxylation sites is 1. The van der Waals surface area contributed by atoms with Crippen molar-refractivity contribution in [3.63, 3.8) is 0 Å². The van der Waals surface area contributed by atoms with Crippen molar-refractivity contribution < 1.29 is 4.74 Å². The van der Waals surface area contributed by atoms with E-state index in [1.165, 1.54) is 0 Å². The highest BCUT2D eigenvalue weighted by Gasteiger charge is 2.06. The van der Waals surface area contributed by atoms with Crippen LogP contribution in [-0.2, 0) is 0 Å². The fourth-order valence-corrected chi connectivity index (χ4v) is 1.71. The maximum atomic E-state index is 5.37. The van der Waals surface area contributed by atoms with Gasteiger partial charge >= 0.3 is 12.0 Å². The average Bonchev–Trinajstić information content (AvgIpc) is 2.91. The summed E-state index contributed by atoms with van der Waals surface area (Å²) in [5, 5.41) is 4.20. The first-order valence-corrected chi connectivity index (χ1v) is 6.51. The van der Waals surface area contributed by atoms with Crippen molar-refractivity contribution in [2.24, 2.45) is 0 Å². The van der Waals surface area contributed by atoms with E-state index >= 15 is 0 Å². The summed E-state index contributed by atoms with van der Waals surface area (Å²) in [4.78, 5) is 12.1. The van der Waals surface area contributed by atoms with E-state index in [1.54, 1.807) is 23.4 Å². The molecule has 0 N–H and O–H groups in total. The second-order valence-corrected chi connectivity index (χ2v) is 4.84. The molecule has 0 saturated carbocycles. The summed E-state index contributed by atoms with van der Waals surface area (Å²) in [6.45, 7) is 0. The first-order valence-electron chi connectivity index (χ1n) is 5.44. The molecule has 3 aromatic rings. The quantitative estimate of drug-likeness (QED) is 0.668. The molecule has 0 fully saturated rings. The molecule has 0 unspecified atom stereocenters. The Morgan fingerprint density at radius 3 is 2.42 bits per heavy atom. The van der Waals surface area contributed by atoms with E-state index in [0.29, 0.717) is 0 Å². The molecular formula is C12H8IN5O. The van der Waals surface area contributed by atoms with Crippen LogP contribution < -0.4 is 4.74 Å². The summed E-state index contributed by atoms with van der Waals surface area (Å²) in [5.41, 5.74) is 0.911. The molecule has 0 aliphatic heterocycles. The van der Waals surface area contributed by atoms with E-state index in [4.69, 9.17) is 4.74 Å². The zero-order chi connectivity index (χ0) is 13.1. The van der Waals surface area contributed by atoms with Crippen LogP contribution in [0.5, 0.6) is 12.0 Å². The van der Waals surface area contributed by atoms with Crippen LogP contribution in [0.2, 0.25) is 0 Å². The zero-order valence-electron chi connectivity index (χ0n) is 9.64. The number of benzene rings is 1. The second-order valence-electron chi connectivity index (χ2n) is 3.59. The fourth-order valence-electron chi connectivity index (χ4n) is 1.43. The summed E-state index contributed by atoms with van der Waals surface area (Å²) in [6, 6.07) is 10.1. The van der Waals surface area contributed by atoms with Crippen molar-refractivity contribution >= 4 is 22.6 Å². The molecule has 7 heteroatoms. The van der Waals surface area contributed by atoms with Crippen LogP contribution in [0, 0.1) is 3.57 Å². The Balaban J connectivity index is 1.80. The van der Waals surface area contributed by atoms with E-state index in [2.05, 4.69) is 42.6 Å². The van der Waals surface area contributed by atoms with Gasteiger partial charge in [0.25, 0.3) is 0 Å². The summed E-state index contributed by atoms with van der Waals surface area (Å²) >= 11 is 2.12. The lowest BCUT2D eigenvalue weighted by Crippen LogP contribution is -1.96. The van der Waals surface area contributed by atoms with Gasteiger partial charge in [0.1, 0.15) is 6.33 Å². The van der Waals surface area contributed by atoms with Gasteiger partial charge < -0.3 is 4.74 Å². The molecule has 2 heterocycles. The standard InChI is InChI=1S/C12H8IN5O/c13-9-6-14-11(15-7-9)19-12-16-8-18(17-12)10-4-2-1-3-5-10/h1-8H. The van der Waals surface area contributed by atoms with Crippen molar-refractivity contribution in [2.45, 2.75) is 0 Å². The minimum Gasteiger partial charge on any atom is -0.387 e. The van der Waals surface area contributed by atoms with E-state index < -0.39 is 0 Å². The molecule has 0 radical (unpaired) electrons. The molecule has 0 aliphatic rings. The molecule has 19 heavy (non-hydrogen) atoms. The molecular weight excluding hydrogens is 357 g/mol. The number of rotatable bonds is 3. The van der Waals surface area contributed by atoms with Crippen LogP contribution in [-0.4, -0.2) is 24.7 Å². The van der Waals surface area contributed by atoms with E-state index in [1.807, 2.05) is 30.3 Å². The highest BCUT2D eigenvalue weighted by atomic mass is 127. The lowest BCUT2D eigenvalue weighted by Gasteiger charge is -1.99. The molecule has 6 nitrogen and oxygen atoms in total. The molecule has 0 bridgehead atoms. The fraction of sp³-hybridized carbons (Fsp3) is 0. The highest BCUT2D eigenvalue weighted by molar-refractivity contribution is 14.1. The van der Waals surface area contributed by atoms with Gasteiger partial charge in [0.05, 0.1) is 5.69 Å². The summed E-state index contributed by atoms with van der Waals surface area (Å²) in [6.07, 6.45) is 4.91. The number of ether oxygens (including phenoxy) is 1. The topological polar surface area (TPSA) is 65.7 Å². The third-order valence-corrected chi connectivity index (χ3v) is 2.83. The predicted molar refractivity (Wildman–Crippen MR) is 76.2 cm³/mol. The van der Waals surface area contributed by atoms with Gasteiger partial charge in [0.15, 0.2) is 0 Å². The van der Waals surface area contributed by atoms with Gasteiger partial charge in [-0.3, -0.25) is 0 Å². The van der Waals surface area contributed by atoms with Gasteiger partial charge in [-0.15, -0.1) is 5.10 Å². The van der Waals surface area contributed by atoms with Gasteiger partial charge in [0.2, 0.25) is 0 Å². The van der Waals surface area contributed by atoms with Gasteiger partial charge in [-0.25, -0.2) is 14.6 Å². The first-order chi connectivity index (χ1) is 9.31. The highest BCUT2D eigenvalue weighted by Crippen LogP contribution is 2.14. The van der Waals surface area contributed by atoms with Crippen molar-refractivity contribution in [1.82, 2.24) is 24.7 Å². The van der Waals surface area contributed by atoms with Gasteiger partial charge in [-0.1, -0.05) is 18.2 Å². The van der Waals surface area contributed by atoms with E-state index in [-0.39, 0.29) is 12.0 Å². The normalized spacial score (nSPS) is 10.4. The SMILES string of the molecule is Ic1cnc(Oc2ncn(-c3ccccc3)n2)nc1. The average molecular weight is 365 g/mol. The van der Waals surface area contributed by atoms with Crippen molar-refractivity contribution in [3.8, 4) is 17.7 Å². The Labute approximate surface area is 122 Å². The third-order valence-electron chi connectivity index (χ3n) is 2.27. The molecule has 0 atom stereocenters. The summed E-state index contributed by atoms with van der Waals surface area (Å²) in [7, 11) is 0. The molecule has 0 amide bonds. The molecule has 1 aromatic carbocycles. The Morgan fingerprint density at radius 1 is 0.947 bits per heavy atom. The number of nitrogens with zero attached hydrogens (tertiary/aromatic N) is 5. The lowest BCUT2D eigenvalue weighted by atomic mass is 10.3. The molecule has 0 spiro atoms. The maximum absolute atomic E-state index is 5.37. The maximum Gasteiger partial charge on any atom is 0.343 e. The molecule has 3 rings (SSSR count). The van der Waals surface area contributed by atoms with Crippen LogP contribution in [0.25, 0.3) is 5.69 Å². The van der Waals surface area contributed by atoms with Crippen LogP contribution in [0.1, 0.15) is 0 Å². The Kier molecular flexibility index (Phi) is 3.36. The lowest BCUT2D eigenvalue weighted by molar-refractivity contribution is 0.406. The predicted octanol–water partition coefficient (Wildman–Crippen LogP) is 2.45. The van der Waals surface area contributed by atoms with Crippen molar-refractivity contribution in [3.05, 3.63) is 52.6 Å². The van der Waals surface area contributed by atoms with Gasteiger partial charge in [-0.2, -0.15) is 4.98 Å². The Morgan fingerprint density at radius 2 is 1.68 bits per heavy atom. The Bertz CT molecular complexity index is 668. The van der Waals surface area contributed by atoms with Crippen LogP contribution >= 0.6 is 22.6 Å². The third kappa shape index (κ3) is 2.87. The summed E-state index contributed by atoms with van der Waals surface area (Å²) in [5.74, 6) is 0. The summed E-state index contributed by atoms with van der Waals surface area (Å²) < 4.78 is 7.93. The van der Waals surface area contributed by atoms with E-state index in [9.17, 15) is 0 Å². The number of aromatic nitrogens is 5. The monoisotopic (exact) mass is 365 g/mol. The number of hydrogen-bond donors (Lipinski definition) is 0. The number of halogens is 1. The van der Waals surface area contributed by atoms with Crippen molar-refractivity contribution in [1.29, 1.82) is 0 Å². The van der Waals surface area contributed by atoms with Gasteiger partial charge in [-0.05, 0) is 34.7 Å². The van der Waals surface area contributed by atoms with Crippen molar-refractivity contribution in [2.75, 3.05) is 0 Å². The molecule has 94 valence electrons. The Hall–Kier alpha value is -2.03. The molecule has 0 aliphatic carbocycles. The first kappa shape index (κ1) is 12.0. The zero-order valence-corrected chi connectivity index (χ0v) is 11.8. The van der Waals surface area contributed by atoms with Crippen LogP contribution in [0.15, 0.2) is 49.1 Å². The van der Waals surface area contributed by atoms with Crippen LogP contribution in [0.4, 0.5) is 0 Å². The molecule has 0 saturated heterocycles. The van der Waals surface area contributed by atoms with Crippen LogP contribution in [0.3, 0.4) is 0 Å². The minimum atomic E-state index is 0.213. The smallest absolute Gasteiger partial charge is 0.343 e. The minimum absolute atomic E-state index is 0.213. The van der Waals surface area contributed by atoms with E-state index in [0.717, 1.165) is 9.26 Å². The largest absolute Gasteiger partial charge is 0.387 e. The van der Waals surface area contributed by atoms with Gasteiger partial charge in [0, 0.05) is 16.0 Å². The second kappa shape index (κ2) is 5.31. The molecule has 2 aromatic heterocycles. The number of hydrogen-bond acceptors (Lipinski definition) is 5.